The fraction of sp³-hybridized carbons (Fsp3) is 0.912. The Morgan fingerprint density at radius 3 is 1.09 bits per heavy atom. The zero-order chi connectivity index (χ0) is 57.2. The van der Waals surface area contributed by atoms with Crippen LogP contribution < -0.4 is 5.32 Å². The van der Waals surface area contributed by atoms with Gasteiger partial charge in [-0.2, -0.15) is 0 Å². The average molecular weight is 1120 g/mol. The number of ether oxygens (including phenoxy) is 1. The van der Waals surface area contributed by atoms with Crippen LogP contribution in [0.5, 0.6) is 0 Å². The maximum Gasteiger partial charge on any atom is 0.472 e. The van der Waals surface area contributed by atoms with E-state index in [1.807, 2.05) is 33.3 Å². The minimum atomic E-state index is -4.44. The molecule has 3 atom stereocenters. The number of carbonyl (C=O) groups excluding carboxylic acids is 2. The van der Waals surface area contributed by atoms with E-state index < -0.39 is 20.0 Å². The number of nitrogens with zero attached hydrogens (tertiary/aromatic N) is 1. The highest BCUT2D eigenvalue weighted by Gasteiger charge is 2.30. The van der Waals surface area contributed by atoms with E-state index in [1.54, 1.807) is 0 Å². The highest BCUT2D eigenvalue weighted by atomic mass is 31.2. The Labute approximate surface area is 485 Å². The Hall–Kier alpha value is -1.51. The van der Waals surface area contributed by atoms with Crippen LogP contribution in [-0.4, -0.2) is 74.3 Å². The van der Waals surface area contributed by atoms with Crippen LogP contribution in [0.1, 0.15) is 348 Å². The quantitative estimate of drug-likeness (QED) is 0.0205. The number of likely N-dealkylation sites (N-methyl/N-ethyl adjacent to an activating group) is 1. The Balaban J connectivity index is 4.95. The summed E-state index contributed by atoms with van der Waals surface area (Å²) in [5, 5.41) is 3.07. The Kier molecular flexibility index (Phi) is 57.5. The first-order valence-electron chi connectivity index (χ1n) is 34.2. The van der Waals surface area contributed by atoms with Crippen molar-refractivity contribution in [1.29, 1.82) is 0 Å². The molecule has 1 amide bonds. The third-order valence-electron chi connectivity index (χ3n) is 15.6. The van der Waals surface area contributed by atoms with Crippen molar-refractivity contribution >= 4 is 19.7 Å². The van der Waals surface area contributed by atoms with Gasteiger partial charge >= 0.3 is 13.8 Å². The van der Waals surface area contributed by atoms with E-state index in [0.717, 1.165) is 57.8 Å². The third kappa shape index (κ3) is 59.1. The lowest BCUT2D eigenvalue weighted by atomic mass is 10.0. The summed E-state index contributed by atoms with van der Waals surface area (Å²) in [4.78, 5) is 37.8. The van der Waals surface area contributed by atoms with Crippen molar-refractivity contribution in [3.8, 4) is 0 Å². The molecule has 3 unspecified atom stereocenters. The smallest absolute Gasteiger partial charge is 0.456 e. The maximum atomic E-state index is 13.6. The minimum absolute atomic E-state index is 0.0446. The molecule has 0 saturated carbocycles. The summed E-state index contributed by atoms with van der Waals surface area (Å²) in [6.45, 7) is 7.06. The minimum Gasteiger partial charge on any atom is -0.456 e. The summed E-state index contributed by atoms with van der Waals surface area (Å²) in [7, 11) is 1.52. The largest absolute Gasteiger partial charge is 0.472 e. The van der Waals surface area contributed by atoms with Crippen molar-refractivity contribution in [1.82, 2.24) is 5.32 Å². The van der Waals surface area contributed by atoms with Gasteiger partial charge < -0.3 is 19.4 Å². The number of amides is 1. The van der Waals surface area contributed by atoms with Crippen LogP contribution in [0.2, 0.25) is 0 Å². The second-order valence-corrected chi connectivity index (χ2v) is 26.2. The third-order valence-corrected chi connectivity index (χ3v) is 16.6. The number of phosphoric ester groups is 1. The van der Waals surface area contributed by atoms with E-state index in [4.69, 9.17) is 13.8 Å². The highest BCUT2D eigenvalue weighted by Crippen LogP contribution is 2.43. The van der Waals surface area contributed by atoms with Gasteiger partial charge in [0.2, 0.25) is 5.91 Å². The molecule has 78 heavy (non-hydrogen) atoms. The lowest BCUT2D eigenvalue weighted by Crippen LogP contribution is -2.47. The molecule has 0 rings (SSSR count). The number of hydrogen-bond acceptors (Lipinski definition) is 6. The predicted molar refractivity (Wildman–Crippen MR) is 337 cm³/mol. The molecule has 2 N–H and O–H groups in total. The fourth-order valence-electron chi connectivity index (χ4n) is 10.4. The first-order valence-corrected chi connectivity index (χ1v) is 35.7. The number of unbranched alkanes of at least 4 members (excludes halogenated alkanes) is 45. The molecule has 0 heterocycles. The van der Waals surface area contributed by atoms with Crippen molar-refractivity contribution in [3.05, 3.63) is 24.3 Å². The second-order valence-electron chi connectivity index (χ2n) is 24.7. The lowest BCUT2D eigenvalue weighted by Gasteiger charge is -2.27. The summed E-state index contributed by atoms with van der Waals surface area (Å²) in [5.74, 6) is -0.485. The number of carbonyl (C=O) groups is 2. The van der Waals surface area contributed by atoms with Gasteiger partial charge in [-0.05, 0) is 57.4 Å². The molecule has 0 saturated heterocycles. The van der Waals surface area contributed by atoms with Gasteiger partial charge in [0.25, 0.3) is 0 Å². The van der Waals surface area contributed by atoms with Crippen molar-refractivity contribution in [2.45, 2.75) is 360 Å². The summed E-state index contributed by atoms with van der Waals surface area (Å²) >= 11 is 0. The van der Waals surface area contributed by atoms with Crippen molar-refractivity contribution in [3.63, 3.8) is 0 Å². The lowest BCUT2D eigenvalue weighted by molar-refractivity contribution is -0.870. The monoisotopic (exact) mass is 1120 g/mol. The number of hydrogen-bond donors (Lipinski definition) is 2. The molecule has 10 heteroatoms. The molecule has 0 spiro atoms. The Bertz CT molecular complexity index is 1380. The fourth-order valence-corrected chi connectivity index (χ4v) is 11.1. The number of esters is 1. The van der Waals surface area contributed by atoms with Gasteiger partial charge in [0.05, 0.1) is 33.8 Å². The molecule has 0 aliphatic heterocycles. The van der Waals surface area contributed by atoms with E-state index in [1.165, 1.54) is 257 Å². The average Bonchev–Trinajstić information content (AvgIpc) is 3.40. The Morgan fingerprint density at radius 1 is 0.436 bits per heavy atom. The van der Waals surface area contributed by atoms with Gasteiger partial charge in [0.1, 0.15) is 19.3 Å². The van der Waals surface area contributed by atoms with Crippen LogP contribution in [0.15, 0.2) is 24.3 Å². The van der Waals surface area contributed by atoms with Gasteiger partial charge in [0, 0.05) is 12.8 Å². The van der Waals surface area contributed by atoms with Crippen LogP contribution in [0.3, 0.4) is 0 Å². The van der Waals surface area contributed by atoms with E-state index in [2.05, 4.69) is 38.2 Å². The normalized spacial score (nSPS) is 13.7. The van der Waals surface area contributed by atoms with Gasteiger partial charge in [-0.1, -0.05) is 302 Å². The van der Waals surface area contributed by atoms with Crippen molar-refractivity contribution < 1.29 is 37.3 Å². The van der Waals surface area contributed by atoms with Crippen LogP contribution in [0, 0.1) is 0 Å². The van der Waals surface area contributed by atoms with E-state index >= 15 is 0 Å². The zero-order valence-corrected chi connectivity index (χ0v) is 53.8. The van der Waals surface area contributed by atoms with Gasteiger partial charge in [-0.15, -0.1) is 0 Å². The summed E-state index contributed by atoms with van der Waals surface area (Å²) in [5.41, 5.74) is 0. The van der Waals surface area contributed by atoms with Crippen LogP contribution in [0.4, 0.5) is 0 Å². The zero-order valence-electron chi connectivity index (χ0n) is 52.9. The molecule has 0 aliphatic carbocycles. The standard InChI is InChI=1S/C68H133N2O7P/c1-7-10-13-16-19-22-25-28-29-30-31-32-33-34-35-36-37-38-39-40-41-43-45-48-51-54-57-60-67(71)69-65(64-76-78(73,74)75-63-62-70(4,5)6)66(59-56-53-50-47-44-27-24-21-18-15-12-9-3)77-68(72)61-58-55-52-49-46-42-26-23-20-17-14-11-8-2/h28-29,56,59,65-66H,7-27,30-55,57-58,60-64H2,1-6H3,(H-,69,71,73,74)/p+1/b29-28+,59-56-. The topological polar surface area (TPSA) is 111 Å². The second kappa shape index (κ2) is 58.7. The van der Waals surface area contributed by atoms with E-state index in [-0.39, 0.29) is 25.1 Å². The molecular weight excluding hydrogens is 988 g/mol. The summed E-state index contributed by atoms with van der Waals surface area (Å²) < 4.78 is 30.7. The van der Waals surface area contributed by atoms with Crippen molar-refractivity contribution in [2.24, 2.45) is 0 Å². The van der Waals surface area contributed by atoms with E-state index in [0.29, 0.717) is 23.9 Å². The molecule has 0 aromatic rings. The summed E-state index contributed by atoms with van der Waals surface area (Å²) in [6, 6.07) is -0.841. The first-order chi connectivity index (χ1) is 37.9. The van der Waals surface area contributed by atoms with Crippen molar-refractivity contribution in [2.75, 3.05) is 40.9 Å². The van der Waals surface area contributed by atoms with Gasteiger partial charge in [-0.25, -0.2) is 4.57 Å². The number of rotatable bonds is 63. The maximum absolute atomic E-state index is 13.6. The highest BCUT2D eigenvalue weighted by molar-refractivity contribution is 7.47. The molecular formula is C68H134N2O7P+. The van der Waals surface area contributed by atoms with Gasteiger partial charge in [0.15, 0.2) is 0 Å². The first kappa shape index (κ1) is 76.5. The van der Waals surface area contributed by atoms with Gasteiger partial charge in [-0.3, -0.25) is 18.6 Å². The number of nitrogens with one attached hydrogen (secondary N) is 1. The molecule has 9 nitrogen and oxygen atoms in total. The number of phosphoric acid groups is 1. The van der Waals surface area contributed by atoms with Crippen LogP contribution in [-0.2, 0) is 27.9 Å². The molecule has 0 aromatic carbocycles. The molecule has 0 aromatic heterocycles. The number of allylic oxidation sites excluding steroid dienone is 3. The summed E-state index contributed by atoms with van der Waals surface area (Å²) in [6.07, 6.45) is 70.5. The SMILES string of the molecule is CCCCCCCC/C=C/CCCCCCCCCCCCCCCCCCCC(=O)NC(COP(=O)(O)OCC[N+](C)(C)C)C(/C=C\CCCCCCCCCCCC)OC(=O)CCCCCCCCCCCCCCC. The molecule has 0 aliphatic rings. The van der Waals surface area contributed by atoms with Crippen LogP contribution >= 0.6 is 7.82 Å². The predicted octanol–water partition coefficient (Wildman–Crippen LogP) is 21.3. The number of quaternary nitrogens is 1. The molecule has 0 fully saturated rings. The molecule has 0 bridgehead atoms. The van der Waals surface area contributed by atoms with Crippen LogP contribution in [0.25, 0.3) is 0 Å². The Morgan fingerprint density at radius 2 is 0.744 bits per heavy atom. The molecule has 462 valence electrons. The molecule has 0 radical (unpaired) electrons. The van der Waals surface area contributed by atoms with E-state index in [9.17, 15) is 19.0 Å².